The second-order valence-corrected chi connectivity index (χ2v) is 6.70. The fourth-order valence-electron chi connectivity index (χ4n) is 2.57. The Bertz CT molecular complexity index is 597. The average molecular weight is 419 g/mol. The van der Waals surface area contributed by atoms with E-state index in [1.54, 1.807) is 19.2 Å². The van der Waals surface area contributed by atoms with Gasteiger partial charge in [0.15, 0.2) is 5.96 Å². The molecule has 0 bridgehead atoms. The highest BCUT2D eigenvalue weighted by Crippen LogP contribution is 2.16. The lowest BCUT2D eigenvalue weighted by molar-refractivity contribution is -0.176. The molecule has 0 spiro atoms. The second kappa shape index (κ2) is 14.2. The average Bonchev–Trinajstić information content (AvgIpc) is 2.65. The number of methoxy groups -OCH3 is 1. The third kappa shape index (κ3) is 13.1. The minimum Gasteiger partial charge on any atom is -0.385 e. The topological polar surface area (TPSA) is 58.1 Å². The highest BCUT2D eigenvalue weighted by atomic mass is 19.4. The molecule has 0 unspecified atom stereocenters. The summed E-state index contributed by atoms with van der Waals surface area (Å²) < 4.78 is 46.3. The summed E-state index contributed by atoms with van der Waals surface area (Å²) in [7, 11) is 3.76. The van der Waals surface area contributed by atoms with E-state index in [2.05, 4.69) is 27.6 Å². The Hall–Kier alpha value is -1.84. The summed E-state index contributed by atoms with van der Waals surface area (Å²) in [5.41, 5.74) is 1.60. The van der Waals surface area contributed by atoms with Gasteiger partial charge in [0.05, 0.1) is 13.2 Å². The molecule has 0 amide bonds. The molecule has 6 nitrogen and oxygen atoms in total. The van der Waals surface area contributed by atoms with Crippen molar-refractivity contribution in [2.45, 2.75) is 32.7 Å². The molecule has 2 N–H and O–H groups in total. The predicted octanol–water partition coefficient (Wildman–Crippen LogP) is 2.79. The van der Waals surface area contributed by atoms with Crippen LogP contribution in [0.4, 0.5) is 13.2 Å². The molecule has 1 rings (SSSR count). The van der Waals surface area contributed by atoms with Crippen molar-refractivity contribution in [1.82, 2.24) is 15.5 Å². The van der Waals surface area contributed by atoms with Gasteiger partial charge in [0, 0.05) is 39.9 Å². The van der Waals surface area contributed by atoms with Gasteiger partial charge in [-0.3, -0.25) is 0 Å². The number of nitrogens with zero attached hydrogens (tertiary/aromatic N) is 2. The van der Waals surface area contributed by atoms with E-state index >= 15 is 0 Å². The quantitative estimate of drug-likeness (QED) is 0.293. The van der Waals surface area contributed by atoms with E-state index in [-0.39, 0.29) is 6.61 Å². The van der Waals surface area contributed by atoms with Crippen LogP contribution >= 0.6 is 0 Å². The third-order valence-corrected chi connectivity index (χ3v) is 3.96. The van der Waals surface area contributed by atoms with Gasteiger partial charge in [-0.1, -0.05) is 24.3 Å². The molecule has 0 radical (unpaired) electrons. The number of rotatable bonds is 13. The highest BCUT2D eigenvalue weighted by Gasteiger charge is 2.27. The van der Waals surface area contributed by atoms with Crippen molar-refractivity contribution in [2.75, 3.05) is 53.6 Å². The minimum absolute atomic E-state index is 0.0786. The van der Waals surface area contributed by atoms with Gasteiger partial charge in [-0.05, 0) is 31.5 Å². The zero-order chi connectivity index (χ0) is 21.5. The van der Waals surface area contributed by atoms with Crippen LogP contribution in [-0.2, 0) is 22.6 Å². The Kier molecular flexibility index (Phi) is 12.3. The fraction of sp³-hybridized carbons (Fsp3) is 0.650. The molecule has 1 aromatic rings. The lowest BCUT2D eigenvalue weighted by Gasteiger charge is -2.18. The van der Waals surface area contributed by atoms with Gasteiger partial charge >= 0.3 is 6.18 Å². The molecule has 0 aliphatic rings. The summed E-state index contributed by atoms with van der Waals surface area (Å²) in [6.45, 7) is 5.17. The molecule has 166 valence electrons. The molecule has 29 heavy (non-hydrogen) atoms. The summed E-state index contributed by atoms with van der Waals surface area (Å²) >= 11 is 0. The van der Waals surface area contributed by atoms with Gasteiger partial charge in [0.1, 0.15) is 6.61 Å². The van der Waals surface area contributed by atoms with Gasteiger partial charge in [-0.2, -0.15) is 13.2 Å². The molecule has 9 heteroatoms. The smallest absolute Gasteiger partial charge is 0.385 e. The molecular weight excluding hydrogens is 385 g/mol. The first-order valence-electron chi connectivity index (χ1n) is 9.76. The van der Waals surface area contributed by atoms with Crippen LogP contribution in [0, 0.1) is 0 Å². The summed E-state index contributed by atoms with van der Waals surface area (Å²) in [5.74, 6) is 0.705. The van der Waals surface area contributed by atoms with E-state index in [9.17, 15) is 13.2 Å². The molecule has 0 saturated heterocycles. The Labute approximate surface area is 171 Å². The molecule has 0 heterocycles. The van der Waals surface area contributed by atoms with E-state index in [0.717, 1.165) is 44.8 Å². The van der Waals surface area contributed by atoms with E-state index in [4.69, 9.17) is 9.47 Å². The van der Waals surface area contributed by atoms with Crippen molar-refractivity contribution in [1.29, 1.82) is 0 Å². The molecule has 0 aliphatic heterocycles. The number of ether oxygens (including phenoxy) is 2. The van der Waals surface area contributed by atoms with Crippen LogP contribution in [-0.4, -0.2) is 70.6 Å². The largest absolute Gasteiger partial charge is 0.411 e. The number of hydrogen-bond donors (Lipinski definition) is 2. The van der Waals surface area contributed by atoms with E-state index in [1.807, 2.05) is 19.1 Å². The molecular formula is C20H33F3N4O2. The number of nitrogens with one attached hydrogen (secondary N) is 2. The van der Waals surface area contributed by atoms with Crippen molar-refractivity contribution in [3.8, 4) is 0 Å². The number of likely N-dealkylation sites (N-methyl/N-ethyl adjacent to an activating group) is 1. The zero-order valence-electron chi connectivity index (χ0n) is 17.5. The van der Waals surface area contributed by atoms with Gasteiger partial charge < -0.3 is 25.0 Å². The van der Waals surface area contributed by atoms with Crippen molar-refractivity contribution in [3.05, 3.63) is 35.4 Å². The van der Waals surface area contributed by atoms with Crippen LogP contribution in [0.15, 0.2) is 29.3 Å². The molecule has 0 saturated carbocycles. The van der Waals surface area contributed by atoms with E-state index in [1.165, 1.54) is 0 Å². The summed E-state index contributed by atoms with van der Waals surface area (Å²) in [4.78, 5) is 6.77. The molecule has 0 aliphatic carbocycles. The number of alkyl halides is 3. The van der Waals surface area contributed by atoms with Gasteiger partial charge in [-0.15, -0.1) is 0 Å². The first kappa shape index (κ1) is 25.2. The third-order valence-electron chi connectivity index (χ3n) is 3.96. The maximum Gasteiger partial charge on any atom is 0.411 e. The Morgan fingerprint density at radius 1 is 1.17 bits per heavy atom. The minimum atomic E-state index is -4.31. The van der Waals surface area contributed by atoms with Crippen LogP contribution in [0.3, 0.4) is 0 Å². The lowest BCUT2D eigenvalue weighted by atomic mass is 10.1. The van der Waals surface area contributed by atoms with E-state index < -0.39 is 12.8 Å². The number of benzene rings is 1. The SMILES string of the molecule is CCNC(=NCc1cccc(COCC(F)(F)F)c1)NCCN(C)CCCOC. The number of hydrogen-bond acceptors (Lipinski definition) is 4. The first-order valence-corrected chi connectivity index (χ1v) is 9.76. The van der Waals surface area contributed by atoms with E-state index in [0.29, 0.717) is 18.1 Å². The standard InChI is InChI=1S/C20H33F3N4O2/c1-4-24-19(25-9-11-27(2)10-6-12-28-3)26-14-17-7-5-8-18(13-17)15-29-16-20(21,22)23/h5,7-8,13H,4,6,9-12,14-16H2,1-3H3,(H2,24,25,26). The Morgan fingerprint density at radius 3 is 2.62 bits per heavy atom. The Morgan fingerprint density at radius 2 is 1.93 bits per heavy atom. The van der Waals surface area contributed by atoms with Crippen LogP contribution in [0.5, 0.6) is 0 Å². The lowest BCUT2D eigenvalue weighted by Crippen LogP contribution is -2.41. The maximum absolute atomic E-state index is 12.2. The van der Waals surface area contributed by atoms with Gasteiger partial charge in [0.25, 0.3) is 0 Å². The van der Waals surface area contributed by atoms with Crippen molar-refractivity contribution >= 4 is 5.96 Å². The van der Waals surface area contributed by atoms with Crippen LogP contribution in [0.2, 0.25) is 0 Å². The van der Waals surface area contributed by atoms with Crippen molar-refractivity contribution in [3.63, 3.8) is 0 Å². The van der Waals surface area contributed by atoms with Gasteiger partial charge in [0.2, 0.25) is 0 Å². The first-order chi connectivity index (χ1) is 13.8. The molecule has 0 fully saturated rings. The van der Waals surface area contributed by atoms with Gasteiger partial charge in [-0.25, -0.2) is 4.99 Å². The summed E-state index contributed by atoms with van der Waals surface area (Å²) in [5, 5.41) is 6.49. The molecule has 1 aromatic carbocycles. The van der Waals surface area contributed by atoms with Crippen LogP contribution in [0.25, 0.3) is 0 Å². The van der Waals surface area contributed by atoms with Crippen molar-refractivity contribution < 1.29 is 22.6 Å². The number of guanidine groups is 1. The maximum atomic E-state index is 12.2. The van der Waals surface area contributed by atoms with Crippen molar-refractivity contribution in [2.24, 2.45) is 4.99 Å². The fourth-order valence-corrected chi connectivity index (χ4v) is 2.57. The number of aliphatic imine (C=N–C) groups is 1. The Balaban J connectivity index is 2.48. The predicted molar refractivity (Wildman–Crippen MR) is 109 cm³/mol. The monoisotopic (exact) mass is 418 g/mol. The summed E-state index contributed by atoms with van der Waals surface area (Å²) in [6, 6.07) is 7.25. The highest BCUT2D eigenvalue weighted by molar-refractivity contribution is 5.79. The summed E-state index contributed by atoms with van der Waals surface area (Å²) in [6.07, 6.45) is -3.32. The second-order valence-electron chi connectivity index (χ2n) is 6.70. The van der Waals surface area contributed by atoms with Crippen LogP contribution < -0.4 is 10.6 Å². The number of halogens is 3. The normalized spacial score (nSPS) is 12.4. The zero-order valence-corrected chi connectivity index (χ0v) is 17.5. The van der Waals surface area contributed by atoms with Crippen LogP contribution in [0.1, 0.15) is 24.5 Å². The molecule has 0 atom stereocenters. The molecule has 0 aromatic heterocycles.